The number of nitro benzene ring substituents is 1. The Balaban J connectivity index is 0.00000341. The molecule has 3 aromatic rings. The van der Waals surface area contributed by atoms with Gasteiger partial charge in [0.05, 0.1) is 16.2 Å². The Hall–Kier alpha value is -2.46. The number of hydrogen-bond acceptors (Lipinski definition) is 7. The van der Waals surface area contributed by atoms with Gasteiger partial charge in [0.15, 0.2) is 5.13 Å². The number of likely N-dealkylation sites (N-methyl/N-ethyl adjacent to an activating group) is 1. The maximum atomic E-state index is 13.4. The number of ether oxygens (including phenoxy) is 1. The Morgan fingerprint density at radius 1 is 1.26 bits per heavy atom. The van der Waals surface area contributed by atoms with Crippen molar-refractivity contribution in [2.75, 3.05) is 38.7 Å². The van der Waals surface area contributed by atoms with E-state index < -0.39 is 10.8 Å². The Morgan fingerprint density at radius 2 is 2.00 bits per heavy atom. The molecular formula is C20H22Cl2N4O4S. The average molecular weight is 485 g/mol. The van der Waals surface area contributed by atoms with Gasteiger partial charge in [-0.05, 0) is 45.3 Å². The minimum absolute atomic E-state index is 0. The number of fused-ring (bicyclic) bond motifs is 1. The monoisotopic (exact) mass is 484 g/mol. The van der Waals surface area contributed by atoms with Crippen LogP contribution in [-0.4, -0.2) is 54.5 Å². The van der Waals surface area contributed by atoms with E-state index >= 15 is 0 Å². The molecule has 3 rings (SSSR count). The first-order valence-corrected chi connectivity index (χ1v) is 10.4. The number of para-hydroxylation sites is 1. The molecule has 0 aliphatic rings. The van der Waals surface area contributed by atoms with E-state index in [4.69, 9.17) is 16.3 Å². The molecule has 0 radical (unpaired) electrons. The number of thiazole rings is 1. The quantitative estimate of drug-likeness (QED) is 0.334. The van der Waals surface area contributed by atoms with Crippen LogP contribution >= 0.6 is 35.3 Å². The van der Waals surface area contributed by atoms with Gasteiger partial charge in [-0.3, -0.25) is 19.8 Å². The van der Waals surface area contributed by atoms with E-state index in [2.05, 4.69) is 4.98 Å². The lowest BCUT2D eigenvalue weighted by atomic mass is 10.1. The van der Waals surface area contributed by atoms with Crippen LogP contribution < -0.4 is 9.64 Å². The molecule has 0 bridgehead atoms. The Bertz CT molecular complexity index is 1090. The molecule has 166 valence electrons. The van der Waals surface area contributed by atoms with Gasteiger partial charge in [-0.1, -0.05) is 29.0 Å². The van der Waals surface area contributed by atoms with E-state index in [0.29, 0.717) is 36.1 Å². The lowest BCUT2D eigenvalue weighted by molar-refractivity contribution is -0.385. The molecule has 8 nitrogen and oxygen atoms in total. The molecule has 2 aromatic carbocycles. The third-order valence-corrected chi connectivity index (χ3v) is 5.58. The molecule has 0 N–H and O–H groups in total. The van der Waals surface area contributed by atoms with Crippen LogP contribution in [0.25, 0.3) is 10.2 Å². The van der Waals surface area contributed by atoms with Gasteiger partial charge in [-0.15, -0.1) is 12.4 Å². The zero-order valence-corrected chi connectivity index (χ0v) is 19.6. The number of rotatable bonds is 8. The highest BCUT2D eigenvalue weighted by atomic mass is 35.5. The normalized spacial score (nSPS) is 10.7. The lowest BCUT2D eigenvalue weighted by Gasteiger charge is -2.22. The molecule has 1 aromatic heterocycles. The maximum Gasteiger partial charge on any atom is 0.282 e. The summed E-state index contributed by atoms with van der Waals surface area (Å²) in [7, 11) is 3.77. The molecule has 0 spiro atoms. The summed E-state index contributed by atoms with van der Waals surface area (Å²) in [6, 6.07) is 9.54. The first-order valence-electron chi connectivity index (χ1n) is 9.24. The third kappa shape index (κ3) is 5.62. The van der Waals surface area contributed by atoms with Gasteiger partial charge in [-0.2, -0.15) is 0 Å². The minimum atomic E-state index is -0.584. The molecule has 0 atom stereocenters. The van der Waals surface area contributed by atoms with Crippen molar-refractivity contribution in [2.24, 2.45) is 0 Å². The highest BCUT2D eigenvalue weighted by molar-refractivity contribution is 7.22. The molecule has 0 aliphatic heterocycles. The molecule has 1 amide bonds. The Morgan fingerprint density at radius 3 is 2.65 bits per heavy atom. The minimum Gasteiger partial charge on any atom is -0.492 e. The van der Waals surface area contributed by atoms with Gasteiger partial charge in [0, 0.05) is 24.2 Å². The number of nitrogens with zero attached hydrogens (tertiary/aromatic N) is 4. The number of anilines is 1. The second kappa shape index (κ2) is 10.7. The van der Waals surface area contributed by atoms with Crippen LogP contribution in [0.15, 0.2) is 36.4 Å². The van der Waals surface area contributed by atoms with Crippen LogP contribution in [-0.2, 0) is 0 Å². The summed E-state index contributed by atoms with van der Waals surface area (Å²) in [5, 5.41) is 12.2. The lowest BCUT2D eigenvalue weighted by Crippen LogP contribution is -2.37. The summed E-state index contributed by atoms with van der Waals surface area (Å²) >= 11 is 7.36. The van der Waals surface area contributed by atoms with E-state index in [-0.39, 0.29) is 28.7 Å². The van der Waals surface area contributed by atoms with Crippen molar-refractivity contribution in [2.45, 2.75) is 6.92 Å². The number of carbonyl (C=O) groups excluding carboxylic acids is 1. The van der Waals surface area contributed by atoms with Crippen LogP contribution in [0.1, 0.15) is 17.3 Å². The molecular weight excluding hydrogens is 463 g/mol. The predicted octanol–water partition coefficient (Wildman–Crippen LogP) is 4.89. The summed E-state index contributed by atoms with van der Waals surface area (Å²) in [6.45, 7) is 3.23. The molecule has 0 saturated carbocycles. The smallest absolute Gasteiger partial charge is 0.282 e. The van der Waals surface area contributed by atoms with Crippen molar-refractivity contribution >= 4 is 62.3 Å². The number of nitro groups is 1. The standard InChI is InChI=1S/C20H21ClN4O4S.ClH/c1-4-29-16-6-5-7-17-18(16)22-20(30-17)24(11-10-23(2)3)19(26)14-12-13(21)8-9-15(14)25(27)28;/h5-9,12H,4,10-11H2,1-3H3;1H. The van der Waals surface area contributed by atoms with Crippen molar-refractivity contribution in [1.29, 1.82) is 0 Å². The summed E-state index contributed by atoms with van der Waals surface area (Å²) < 4.78 is 6.51. The molecule has 0 fully saturated rings. The maximum absolute atomic E-state index is 13.4. The topological polar surface area (TPSA) is 88.8 Å². The Kier molecular flexibility index (Phi) is 8.58. The molecule has 0 saturated heterocycles. The highest BCUT2D eigenvalue weighted by Crippen LogP contribution is 2.35. The second-order valence-electron chi connectivity index (χ2n) is 6.71. The molecule has 0 aliphatic carbocycles. The van der Waals surface area contributed by atoms with Gasteiger partial charge >= 0.3 is 0 Å². The molecule has 11 heteroatoms. The fraction of sp³-hybridized carbons (Fsp3) is 0.300. The fourth-order valence-corrected chi connectivity index (χ4v) is 4.05. The first-order chi connectivity index (χ1) is 14.3. The van der Waals surface area contributed by atoms with E-state index in [0.717, 1.165) is 4.70 Å². The predicted molar refractivity (Wildman–Crippen MR) is 126 cm³/mol. The largest absolute Gasteiger partial charge is 0.492 e. The van der Waals surface area contributed by atoms with Crippen molar-refractivity contribution in [1.82, 2.24) is 9.88 Å². The van der Waals surface area contributed by atoms with E-state index in [1.54, 1.807) is 0 Å². The highest BCUT2D eigenvalue weighted by Gasteiger charge is 2.28. The van der Waals surface area contributed by atoms with Crippen LogP contribution in [0.3, 0.4) is 0 Å². The average Bonchev–Trinajstić information content (AvgIpc) is 3.12. The van der Waals surface area contributed by atoms with Gasteiger partial charge < -0.3 is 9.64 Å². The SMILES string of the molecule is CCOc1cccc2sc(N(CCN(C)C)C(=O)c3cc(Cl)ccc3[N+](=O)[O-])nc12.Cl. The van der Waals surface area contributed by atoms with Gasteiger partial charge in [0.2, 0.25) is 0 Å². The number of hydrogen-bond donors (Lipinski definition) is 0. The summed E-state index contributed by atoms with van der Waals surface area (Å²) in [5.41, 5.74) is 0.286. The molecule has 0 unspecified atom stereocenters. The zero-order valence-electron chi connectivity index (χ0n) is 17.2. The van der Waals surface area contributed by atoms with Gasteiger partial charge in [0.1, 0.15) is 16.8 Å². The molecule has 31 heavy (non-hydrogen) atoms. The summed E-state index contributed by atoms with van der Waals surface area (Å²) in [4.78, 5) is 32.3. The zero-order chi connectivity index (χ0) is 21.8. The number of carbonyl (C=O) groups is 1. The van der Waals surface area contributed by atoms with Crippen LogP contribution in [0, 0.1) is 10.1 Å². The van der Waals surface area contributed by atoms with Crippen molar-refractivity contribution in [3.63, 3.8) is 0 Å². The first kappa shape index (κ1) is 24.8. The third-order valence-electron chi connectivity index (χ3n) is 4.30. The number of aromatic nitrogens is 1. The van der Waals surface area contributed by atoms with Crippen LogP contribution in [0.2, 0.25) is 5.02 Å². The van der Waals surface area contributed by atoms with Crippen LogP contribution in [0.5, 0.6) is 5.75 Å². The van der Waals surface area contributed by atoms with Gasteiger partial charge in [0.25, 0.3) is 11.6 Å². The number of halogens is 2. The number of benzene rings is 2. The molecule has 1 heterocycles. The van der Waals surface area contributed by atoms with Gasteiger partial charge in [-0.25, -0.2) is 4.98 Å². The summed E-state index contributed by atoms with van der Waals surface area (Å²) in [6.07, 6.45) is 0. The van der Waals surface area contributed by atoms with E-state index in [1.807, 2.05) is 44.1 Å². The fourth-order valence-electron chi connectivity index (χ4n) is 2.87. The van der Waals surface area contributed by atoms with E-state index in [9.17, 15) is 14.9 Å². The summed E-state index contributed by atoms with van der Waals surface area (Å²) in [5.74, 6) is 0.106. The second-order valence-corrected chi connectivity index (χ2v) is 8.16. The Labute approximate surface area is 194 Å². The van der Waals surface area contributed by atoms with Crippen molar-refractivity contribution in [3.8, 4) is 5.75 Å². The van der Waals surface area contributed by atoms with Crippen LogP contribution in [0.4, 0.5) is 10.8 Å². The van der Waals surface area contributed by atoms with Crippen molar-refractivity contribution < 1.29 is 14.5 Å². The van der Waals surface area contributed by atoms with E-state index in [1.165, 1.54) is 34.4 Å². The number of amides is 1. The van der Waals surface area contributed by atoms with Crippen molar-refractivity contribution in [3.05, 3.63) is 57.1 Å².